The average molecular weight is 265 g/mol. The maximum Gasteiger partial charge on any atom is 0.129 e. The van der Waals surface area contributed by atoms with Gasteiger partial charge in [-0.05, 0) is 36.8 Å². The van der Waals surface area contributed by atoms with Gasteiger partial charge in [0.1, 0.15) is 5.82 Å². The van der Waals surface area contributed by atoms with Crippen LogP contribution in [0, 0.1) is 12.7 Å². The second kappa shape index (κ2) is 5.27. The third kappa shape index (κ3) is 2.74. The van der Waals surface area contributed by atoms with Gasteiger partial charge in [0.2, 0.25) is 0 Å². The molecule has 2 nitrogen and oxygen atoms in total. The third-order valence-electron chi connectivity index (χ3n) is 2.72. The minimum atomic E-state index is -0.319. The summed E-state index contributed by atoms with van der Waals surface area (Å²) in [5, 5.41) is 3.50. The Balaban J connectivity index is 2.16. The van der Waals surface area contributed by atoms with Crippen molar-refractivity contribution in [2.45, 2.75) is 13.5 Å². The van der Waals surface area contributed by atoms with E-state index in [4.69, 9.17) is 17.3 Å². The first-order valence-corrected chi connectivity index (χ1v) is 5.98. The predicted molar refractivity (Wildman–Crippen MR) is 74.3 cm³/mol. The Morgan fingerprint density at radius 3 is 2.72 bits per heavy atom. The molecule has 2 rings (SSSR count). The van der Waals surface area contributed by atoms with Crippen LogP contribution in [0.2, 0.25) is 5.02 Å². The fourth-order valence-corrected chi connectivity index (χ4v) is 1.96. The van der Waals surface area contributed by atoms with Crippen molar-refractivity contribution in [2.75, 3.05) is 11.1 Å². The first-order chi connectivity index (χ1) is 8.58. The fourth-order valence-electron chi connectivity index (χ4n) is 1.73. The Kier molecular flexibility index (Phi) is 3.72. The number of benzene rings is 2. The molecule has 0 aliphatic carbocycles. The summed E-state index contributed by atoms with van der Waals surface area (Å²) in [4.78, 5) is 0. The zero-order chi connectivity index (χ0) is 13.1. The highest BCUT2D eigenvalue weighted by molar-refractivity contribution is 6.31. The Morgan fingerprint density at radius 1 is 1.28 bits per heavy atom. The summed E-state index contributed by atoms with van der Waals surface area (Å²) in [5.74, 6) is -0.319. The largest absolute Gasteiger partial charge is 0.397 e. The highest BCUT2D eigenvalue weighted by Crippen LogP contribution is 2.23. The molecule has 0 heterocycles. The Hall–Kier alpha value is -1.74. The van der Waals surface area contributed by atoms with Crippen molar-refractivity contribution in [2.24, 2.45) is 0 Å². The monoisotopic (exact) mass is 264 g/mol. The lowest BCUT2D eigenvalue weighted by Gasteiger charge is -2.11. The van der Waals surface area contributed by atoms with Gasteiger partial charge in [-0.25, -0.2) is 4.39 Å². The SMILES string of the molecule is Cc1ccc(NCc2c(F)cccc2Cl)c(N)c1. The standard InChI is InChI=1S/C14H14ClFN2/c1-9-5-6-14(13(17)7-9)18-8-10-11(15)3-2-4-12(10)16/h2-7,18H,8,17H2,1H3. The van der Waals surface area contributed by atoms with Crippen LogP contribution in [0.25, 0.3) is 0 Å². The van der Waals surface area contributed by atoms with Crippen LogP contribution in [-0.2, 0) is 6.54 Å². The van der Waals surface area contributed by atoms with Crippen LogP contribution >= 0.6 is 11.6 Å². The van der Waals surface area contributed by atoms with E-state index in [2.05, 4.69) is 5.32 Å². The lowest BCUT2D eigenvalue weighted by molar-refractivity contribution is 0.613. The Morgan fingerprint density at radius 2 is 2.06 bits per heavy atom. The van der Waals surface area contributed by atoms with E-state index < -0.39 is 0 Å². The van der Waals surface area contributed by atoms with Crippen molar-refractivity contribution < 1.29 is 4.39 Å². The minimum absolute atomic E-state index is 0.304. The maximum absolute atomic E-state index is 13.6. The van der Waals surface area contributed by atoms with Gasteiger partial charge in [-0.15, -0.1) is 0 Å². The van der Waals surface area contributed by atoms with E-state index >= 15 is 0 Å². The van der Waals surface area contributed by atoms with E-state index in [1.54, 1.807) is 12.1 Å². The molecule has 0 unspecified atom stereocenters. The second-order valence-electron chi connectivity index (χ2n) is 4.14. The smallest absolute Gasteiger partial charge is 0.129 e. The van der Waals surface area contributed by atoms with Gasteiger partial charge < -0.3 is 11.1 Å². The zero-order valence-corrected chi connectivity index (χ0v) is 10.8. The van der Waals surface area contributed by atoms with E-state index in [0.29, 0.717) is 22.8 Å². The highest BCUT2D eigenvalue weighted by atomic mass is 35.5. The van der Waals surface area contributed by atoms with E-state index in [0.717, 1.165) is 11.3 Å². The molecule has 2 aromatic rings. The fraction of sp³-hybridized carbons (Fsp3) is 0.143. The van der Waals surface area contributed by atoms with Gasteiger partial charge in [0.15, 0.2) is 0 Å². The van der Waals surface area contributed by atoms with Gasteiger partial charge in [0, 0.05) is 17.1 Å². The molecule has 0 saturated heterocycles. The van der Waals surface area contributed by atoms with Crippen molar-refractivity contribution in [3.63, 3.8) is 0 Å². The molecule has 18 heavy (non-hydrogen) atoms. The second-order valence-corrected chi connectivity index (χ2v) is 4.55. The quantitative estimate of drug-likeness (QED) is 0.823. The molecule has 94 valence electrons. The lowest BCUT2D eigenvalue weighted by Crippen LogP contribution is -2.05. The average Bonchev–Trinajstić information content (AvgIpc) is 2.31. The number of hydrogen-bond acceptors (Lipinski definition) is 2. The summed E-state index contributed by atoms with van der Waals surface area (Å²) < 4.78 is 13.6. The molecule has 0 amide bonds. The first kappa shape index (κ1) is 12.7. The molecule has 0 bridgehead atoms. The molecule has 0 spiro atoms. The molecule has 4 heteroatoms. The molecule has 0 fully saturated rings. The van der Waals surface area contributed by atoms with Crippen LogP contribution in [0.15, 0.2) is 36.4 Å². The van der Waals surface area contributed by atoms with Gasteiger partial charge >= 0.3 is 0 Å². The molecule has 0 aliphatic heterocycles. The van der Waals surface area contributed by atoms with Crippen molar-refractivity contribution in [1.82, 2.24) is 0 Å². The van der Waals surface area contributed by atoms with Crippen molar-refractivity contribution in [3.8, 4) is 0 Å². The van der Waals surface area contributed by atoms with Gasteiger partial charge in [-0.2, -0.15) is 0 Å². The van der Waals surface area contributed by atoms with Crippen LogP contribution in [0.4, 0.5) is 15.8 Å². The van der Waals surface area contributed by atoms with Crippen molar-refractivity contribution in [1.29, 1.82) is 0 Å². The number of aryl methyl sites for hydroxylation is 1. The molecular formula is C14H14ClFN2. The molecule has 3 N–H and O–H groups in total. The van der Waals surface area contributed by atoms with Gasteiger partial charge in [-0.3, -0.25) is 0 Å². The van der Waals surface area contributed by atoms with E-state index in [1.807, 2.05) is 25.1 Å². The van der Waals surface area contributed by atoms with Gasteiger partial charge in [0.25, 0.3) is 0 Å². The van der Waals surface area contributed by atoms with E-state index in [-0.39, 0.29) is 5.82 Å². The Labute approximate surface area is 111 Å². The van der Waals surface area contributed by atoms with Crippen LogP contribution in [0.3, 0.4) is 0 Å². The minimum Gasteiger partial charge on any atom is -0.397 e. The summed E-state index contributed by atoms with van der Waals surface area (Å²) in [7, 11) is 0. The molecule has 0 aromatic heterocycles. The Bertz CT molecular complexity index is 549. The van der Waals surface area contributed by atoms with E-state index in [9.17, 15) is 4.39 Å². The van der Waals surface area contributed by atoms with Crippen LogP contribution < -0.4 is 11.1 Å². The summed E-state index contributed by atoms with van der Waals surface area (Å²) in [6.07, 6.45) is 0. The number of rotatable bonds is 3. The van der Waals surface area contributed by atoms with Gasteiger partial charge in [-0.1, -0.05) is 23.7 Å². The number of nitrogens with two attached hydrogens (primary N) is 1. The third-order valence-corrected chi connectivity index (χ3v) is 3.08. The lowest BCUT2D eigenvalue weighted by atomic mass is 10.1. The molecule has 0 saturated carbocycles. The summed E-state index contributed by atoms with van der Waals surface area (Å²) in [5.41, 5.74) is 8.82. The highest BCUT2D eigenvalue weighted by Gasteiger charge is 2.07. The van der Waals surface area contributed by atoms with Crippen molar-refractivity contribution >= 4 is 23.0 Å². The van der Waals surface area contributed by atoms with Crippen LogP contribution in [0.1, 0.15) is 11.1 Å². The zero-order valence-electron chi connectivity index (χ0n) is 10.0. The predicted octanol–water partition coefficient (Wildman–Crippen LogP) is 3.98. The van der Waals surface area contributed by atoms with Crippen molar-refractivity contribution in [3.05, 3.63) is 58.4 Å². The van der Waals surface area contributed by atoms with Gasteiger partial charge in [0.05, 0.1) is 11.4 Å². The molecule has 0 aliphatic rings. The molecule has 2 aromatic carbocycles. The molecular weight excluding hydrogens is 251 g/mol. The number of anilines is 2. The maximum atomic E-state index is 13.6. The number of nitrogens with one attached hydrogen (secondary N) is 1. The van der Waals surface area contributed by atoms with Crippen LogP contribution in [-0.4, -0.2) is 0 Å². The number of nitrogen functional groups attached to an aromatic ring is 1. The summed E-state index contributed by atoms with van der Waals surface area (Å²) in [6.45, 7) is 2.27. The number of hydrogen-bond donors (Lipinski definition) is 2. The normalized spacial score (nSPS) is 10.4. The number of halogens is 2. The first-order valence-electron chi connectivity index (χ1n) is 5.61. The molecule has 0 atom stereocenters. The summed E-state index contributed by atoms with van der Waals surface area (Å²) >= 11 is 5.95. The topological polar surface area (TPSA) is 38.0 Å². The van der Waals surface area contributed by atoms with E-state index in [1.165, 1.54) is 6.07 Å². The van der Waals surface area contributed by atoms with Crippen LogP contribution in [0.5, 0.6) is 0 Å². The summed E-state index contributed by atoms with van der Waals surface area (Å²) in [6, 6.07) is 10.3. The molecule has 0 radical (unpaired) electrons.